The topological polar surface area (TPSA) is 75.4 Å². The molecule has 1 atom stereocenters. The van der Waals surface area contributed by atoms with Crippen molar-refractivity contribution in [3.63, 3.8) is 0 Å². The van der Waals surface area contributed by atoms with Crippen molar-refractivity contribution in [2.45, 2.75) is 45.6 Å². The molecular formula is C16H25N5O. The lowest BCUT2D eigenvalue weighted by Gasteiger charge is -2.27. The molecule has 3 rings (SSSR count). The number of nitrogens with two attached hydrogens (primary N) is 1. The summed E-state index contributed by atoms with van der Waals surface area (Å²) in [4.78, 5) is 25.7. The van der Waals surface area contributed by atoms with E-state index in [4.69, 9.17) is 5.73 Å². The lowest BCUT2D eigenvalue weighted by molar-refractivity contribution is 0.0711. The van der Waals surface area contributed by atoms with Gasteiger partial charge in [0.2, 0.25) is 5.82 Å². The van der Waals surface area contributed by atoms with Crippen molar-refractivity contribution < 1.29 is 4.79 Å². The molecule has 0 bridgehead atoms. The van der Waals surface area contributed by atoms with Crippen molar-refractivity contribution in [2.24, 2.45) is 5.73 Å². The molecule has 2 aliphatic rings. The van der Waals surface area contributed by atoms with Gasteiger partial charge >= 0.3 is 0 Å². The number of likely N-dealkylation sites (tertiary alicyclic amines) is 1. The second kappa shape index (κ2) is 6.20. The summed E-state index contributed by atoms with van der Waals surface area (Å²) in [5, 5.41) is 0. The zero-order chi connectivity index (χ0) is 15.7. The molecule has 0 radical (unpaired) electrons. The molecule has 1 aromatic rings. The molecule has 6 heteroatoms. The Labute approximate surface area is 131 Å². The van der Waals surface area contributed by atoms with E-state index in [-0.39, 0.29) is 11.9 Å². The predicted molar refractivity (Wildman–Crippen MR) is 86.1 cm³/mol. The van der Waals surface area contributed by atoms with Crippen LogP contribution >= 0.6 is 0 Å². The first kappa shape index (κ1) is 15.2. The molecule has 1 amide bonds. The number of aryl methyl sites for hydroxylation is 1. The van der Waals surface area contributed by atoms with Crippen LogP contribution in [0, 0.1) is 13.8 Å². The van der Waals surface area contributed by atoms with Gasteiger partial charge in [0, 0.05) is 43.5 Å². The van der Waals surface area contributed by atoms with Crippen LogP contribution in [-0.2, 0) is 0 Å². The molecule has 3 heterocycles. The molecule has 2 saturated heterocycles. The van der Waals surface area contributed by atoms with E-state index in [1.165, 1.54) is 6.42 Å². The summed E-state index contributed by atoms with van der Waals surface area (Å²) in [5.41, 5.74) is 7.93. The zero-order valence-corrected chi connectivity index (χ0v) is 13.5. The molecule has 6 nitrogen and oxygen atoms in total. The van der Waals surface area contributed by atoms with Gasteiger partial charge in [0.1, 0.15) is 5.82 Å². The average Bonchev–Trinajstić information content (AvgIpc) is 2.96. The third-order valence-electron chi connectivity index (χ3n) is 4.72. The first-order valence-corrected chi connectivity index (χ1v) is 8.21. The highest BCUT2D eigenvalue weighted by molar-refractivity contribution is 5.91. The van der Waals surface area contributed by atoms with E-state index in [1.54, 1.807) is 0 Å². The molecule has 0 aliphatic carbocycles. The number of rotatable bonds is 2. The maximum Gasteiger partial charge on any atom is 0.291 e. The summed E-state index contributed by atoms with van der Waals surface area (Å²) in [6.45, 7) is 7.30. The number of amides is 1. The summed E-state index contributed by atoms with van der Waals surface area (Å²) in [5.74, 6) is 1.17. The summed E-state index contributed by atoms with van der Waals surface area (Å²) < 4.78 is 0. The van der Waals surface area contributed by atoms with E-state index in [1.807, 2.05) is 18.7 Å². The van der Waals surface area contributed by atoms with Crippen LogP contribution in [0.1, 0.15) is 47.6 Å². The Hall–Kier alpha value is -1.69. The smallest absolute Gasteiger partial charge is 0.291 e. The zero-order valence-electron chi connectivity index (χ0n) is 13.5. The fraction of sp³-hybridized carbons (Fsp3) is 0.688. The van der Waals surface area contributed by atoms with E-state index in [0.29, 0.717) is 5.82 Å². The normalized spacial score (nSPS) is 22.2. The van der Waals surface area contributed by atoms with Gasteiger partial charge in [-0.2, -0.15) is 0 Å². The number of piperidine rings is 1. The third kappa shape index (κ3) is 2.92. The Morgan fingerprint density at radius 3 is 2.50 bits per heavy atom. The van der Waals surface area contributed by atoms with Gasteiger partial charge in [0.25, 0.3) is 5.91 Å². The molecule has 0 spiro atoms. The Balaban J connectivity index is 1.88. The quantitative estimate of drug-likeness (QED) is 0.890. The first-order valence-electron chi connectivity index (χ1n) is 8.21. The van der Waals surface area contributed by atoms with Crippen molar-refractivity contribution >= 4 is 11.7 Å². The van der Waals surface area contributed by atoms with Crippen LogP contribution < -0.4 is 10.6 Å². The van der Waals surface area contributed by atoms with Crippen molar-refractivity contribution in [3.8, 4) is 0 Å². The van der Waals surface area contributed by atoms with Crippen LogP contribution in [0.4, 0.5) is 5.82 Å². The van der Waals surface area contributed by atoms with Gasteiger partial charge in [-0.15, -0.1) is 0 Å². The van der Waals surface area contributed by atoms with Gasteiger partial charge in [-0.1, -0.05) is 0 Å². The van der Waals surface area contributed by atoms with Crippen LogP contribution in [0.15, 0.2) is 0 Å². The second-order valence-electron chi connectivity index (χ2n) is 6.43. The number of hydrogen-bond donors (Lipinski definition) is 1. The summed E-state index contributed by atoms with van der Waals surface area (Å²) in [6.07, 6.45) is 4.32. The van der Waals surface area contributed by atoms with E-state index >= 15 is 0 Å². The number of nitrogens with zero attached hydrogens (tertiary/aromatic N) is 4. The monoisotopic (exact) mass is 303 g/mol. The van der Waals surface area contributed by atoms with Crippen molar-refractivity contribution in [2.75, 3.05) is 31.1 Å². The third-order valence-corrected chi connectivity index (χ3v) is 4.72. The Kier molecular flexibility index (Phi) is 4.29. The minimum absolute atomic E-state index is 0.0347. The van der Waals surface area contributed by atoms with E-state index < -0.39 is 0 Å². The molecule has 2 N–H and O–H groups in total. The Morgan fingerprint density at radius 1 is 1.14 bits per heavy atom. The molecule has 0 unspecified atom stereocenters. The minimum atomic E-state index is -0.0347. The standard InChI is InChI=1S/C16H25N5O/c1-11-12(2)18-14(16(22)20-7-4-3-5-8-20)19-15(11)21-9-6-13(17)10-21/h13H,3-10,17H2,1-2H3/t13-/m1/s1. The number of aromatic nitrogens is 2. The summed E-state index contributed by atoms with van der Waals surface area (Å²) in [7, 11) is 0. The van der Waals surface area contributed by atoms with Crippen molar-refractivity contribution in [3.05, 3.63) is 17.1 Å². The molecule has 0 saturated carbocycles. The van der Waals surface area contributed by atoms with Crippen molar-refractivity contribution in [1.29, 1.82) is 0 Å². The lowest BCUT2D eigenvalue weighted by atomic mass is 10.1. The fourth-order valence-corrected chi connectivity index (χ4v) is 3.24. The second-order valence-corrected chi connectivity index (χ2v) is 6.43. The maximum atomic E-state index is 12.7. The Morgan fingerprint density at radius 2 is 1.86 bits per heavy atom. The SMILES string of the molecule is Cc1nc(C(=O)N2CCCCC2)nc(N2CC[C@@H](N)C2)c1C. The molecule has 22 heavy (non-hydrogen) atoms. The predicted octanol–water partition coefficient (Wildman–Crippen LogP) is 1.26. The van der Waals surface area contributed by atoms with Gasteiger partial charge in [-0.3, -0.25) is 4.79 Å². The maximum absolute atomic E-state index is 12.7. The van der Waals surface area contributed by atoms with Gasteiger partial charge in [0.05, 0.1) is 0 Å². The number of anilines is 1. The molecule has 1 aromatic heterocycles. The van der Waals surface area contributed by atoms with Crippen LogP contribution in [0.3, 0.4) is 0 Å². The van der Waals surface area contributed by atoms with E-state index in [2.05, 4.69) is 14.9 Å². The highest BCUT2D eigenvalue weighted by Crippen LogP contribution is 2.24. The fourth-order valence-electron chi connectivity index (χ4n) is 3.24. The average molecular weight is 303 g/mol. The highest BCUT2D eigenvalue weighted by atomic mass is 16.2. The molecule has 120 valence electrons. The summed E-state index contributed by atoms with van der Waals surface area (Å²) in [6, 6.07) is 0.191. The minimum Gasteiger partial charge on any atom is -0.355 e. The van der Waals surface area contributed by atoms with Gasteiger partial charge in [0.15, 0.2) is 0 Å². The number of carbonyl (C=O) groups excluding carboxylic acids is 1. The van der Waals surface area contributed by atoms with E-state index in [9.17, 15) is 4.79 Å². The highest BCUT2D eigenvalue weighted by Gasteiger charge is 2.26. The molecule has 2 aliphatic heterocycles. The lowest BCUT2D eigenvalue weighted by Crippen LogP contribution is -2.37. The van der Waals surface area contributed by atoms with Gasteiger partial charge < -0.3 is 15.5 Å². The Bertz CT molecular complexity index is 568. The molecular weight excluding hydrogens is 278 g/mol. The van der Waals surface area contributed by atoms with Crippen LogP contribution in [0.2, 0.25) is 0 Å². The van der Waals surface area contributed by atoms with E-state index in [0.717, 1.165) is 62.5 Å². The largest absolute Gasteiger partial charge is 0.355 e. The van der Waals surface area contributed by atoms with Crippen molar-refractivity contribution in [1.82, 2.24) is 14.9 Å². The van der Waals surface area contributed by atoms with Gasteiger partial charge in [-0.25, -0.2) is 9.97 Å². The van der Waals surface area contributed by atoms with Crippen LogP contribution in [0.25, 0.3) is 0 Å². The number of hydrogen-bond acceptors (Lipinski definition) is 5. The van der Waals surface area contributed by atoms with Crippen LogP contribution in [0.5, 0.6) is 0 Å². The summed E-state index contributed by atoms with van der Waals surface area (Å²) >= 11 is 0. The molecule has 2 fully saturated rings. The van der Waals surface area contributed by atoms with Gasteiger partial charge in [-0.05, 0) is 39.5 Å². The number of carbonyl (C=O) groups is 1. The molecule has 0 aromatic carbocycles. The first-order chi connectivity index (χ1) is 10.6. The van der Waals surface area contributed by atoms with Crippen LogP contribution in [-0.4, -0.2) is 53.0 Å².